The lowest BCUT2D eigenvalue weighted by Gasteiger charge is -2.14. The maximum absolute atomic E-state index is 12.1. The molecule has 0 aliphatic carbocycles. The number of nitrogens with two attached hydrogens (primary N) is 1. The van der Waals surface area contributed by atoms with Gasteiger partial charge in [0.15, 0.2) is 0 Å². The van der Waals surface area contributed by atoms with Gasteiger partial charge in [0, 0.05) is 29.7 Å². The van der Waals surface area contributed by atoms with E-state index in [1.165, 1.54) is 4.80 Å². The number of halogens is 2. The van der Waals surface area contributed by atoms with E-state index in [2.05, 4.69) is 15.4 Å². The molecule has 1 aromatic heterocycles. The summed E-state index contributed by atoms with van der Waals surface area (Å²) in [5, 5.41) is 12.7. The third-order valence-corrected chi connectivity index (χ3v) is 3.66. The van der Waals surface area contributed by atoms with Gasteiger partial charge in [0.2, 0.25) is 11.7 Å². The van der Waals surface area contributed by atoms with E-state index in [-0.39, 0.29) is 30.9 Å². The van der Waals surface area contributed by atoms with Gasteiger partial charge in [-0.3, -0.25) is 4.79 Å². The van der Waals surface area contributed by atoms with E-state index in [1.807, 2.05) is 12.1 Å². The van der Waals surface area contributed by atoms with Crippen molar-refractivity contribution in [2.75, 3.05) is 13.1 Å². The maximum Gasteiger partial charge on any atom is 0.246 e. The van der Waals surface area contributed by atoms with E-state index >= 15 is 0 Å². The molecule has 0 radical (unpaired) electrons. The van der Waals surface area contributed by atoms with Gasteiger partial charge in [-0.25, -0.2) is 0 Å². The second-order valence-electron chi connectivity index (χ2n) is 5.04. The summed E-state index contributed by atoms with van der Waals surface area (Å²) in [5.74, 6) is 0.431. The monoisotopic (exact) mass is 342 g/mol. The quantitative estimate of drug-likeness (QED) is 0.897. The highest BCUT2D eigenvalue weighted by Crippen LogP contribution is 2.17. The zero-order chi connectivity index (χ0) is 14.8. The number of aromatic nitrogens is 4. The third kappa shape index (κ3) is 3.73. The molecule has 1 atom stereocenters. The highest BCUT2D eigenvalue weighted by molar-refractivity contribution is 6.30. The molecule has 1 fully saturated rings. The first-order valence-corrected chi connectivity index (χ1v) is 7.07. The highest BCUT2D eigenvalue weighted by atomic mass is 35.5. The van der Waals surface area contributed by atoms with Crippen LogP contribution in [0.2, 0.25) is 5.02 Å². The number of hydrogen-bond donors (Lipinski definition) is 1. The maximum atomic E-state index is 12.1. The zero-order valence-electron chi connectivity index (χ0n) is 11.7. The minimum absolute atomic E-state index is 0. The van der Waals surface area contributed by atoms with E-state index in [0.717, 1.165) is 12.0 Å². The topological polar surface area (TPSA) is 89.9 Å². The molecular formula is C13H16Cl2N6O. The van der Waals surface area contributed by atoms with Gasteiger partial charge in [0.1, 0.15) is 6.54 Å². The van der Waals surface area contributed by atoms with Gasteiger partial charge < -0.3 is 10.6 Å². The van der Waals surface area contributed by atoms with Crippen molar-refractivity contribution in [3.63, 3.8) is 0 Å². The number of amides is 1. The number of nitrogens with zero attached hydrogens (tertiary/aromatic N) is 5. The lowest BCUT2D eigenvalue weighted by Crippen LogP contribution is -2.34. The van der Waals surface area contributed by atoms with Gasteiger partial charge >= 0.3 is 0 Å². The first kappa shape index (κ1) is 16.7. The van der Waals surface area contributed by atoms with Gasteiger partial charge in [-0.1, -0.05) is 11.6 Å². The molecule has 2 aromatic rings. The van der Waals surface area contributed by atoms with Crippen LogP contribution in [0.1, 0.15) is 6.42 Å². The van der Waals surface area contributed by atoms with E-state index in [1.54, 1.807) is 17.0 Å². The Labute approximate surface area is 138 Å². The predicted molar refractivity (Wildman–Crippen MR) is 84.7 cm³/mol. The van der Waals surface area contributed by atoms with E-state index in [0.29, 0.717) is 23.9 Å². The van der Waals surface area contributed by atoms with E-state index in [4.69, 9.17) is 17.3 Å². The second kappa shape index (κ2) is 7.04. The van der Waals surface area contributed by atoms with Crippen LogP contribution in [0.3, 0.4) is 0 Å². The zero-order valence-corrected chi connectivity index (χ0v) is 13.3. The molecule has 0 saturated carbocycles. The number of benzene rings is 1. The number of tetrazole rings is 1. The second-order valence-corrected chi connectivity index (χ2v) is 5.48. The molecule has 1 aliphatic heterocycles. The number of likely N-dealkylation sites (tertiary alicyclic amines) is 1. The van der Waals surface area contributed by atoms with Gasteiger partial charge in [-0.15, -0.1) is 22.6 Å². The van der Waals surface area contributed by atoms with Crippen LogP contribution >= 0.6 is 24.0 Å². The Bertz CT molecular complexity index is 644. The lowest BCUT2D eigenvalue weighted by molar-refractivity contribution is -0.131. The molecule has 7 nitrogen and oxygen atoms in total. The summed E-state index contributed by atoms with van der Waals surface area (Å²) < 4.78 is 0. The van der Waals surface area contributed by atoms with Gasteiger partial charge in [0.25, 0.3) is 0 Å². The molecule has 1 amide bonds. The molecule has 2 heterocycles. The molecule has 1 saturated heterocycles. The summed E-state index contributed by atoms with van der Waals surface area (Å²) in [6.45, 7) is 1.36. The number of hydrogen-bond acceptors (Lipinski definition) is 5. The van der Waals surface area contributed by atoms with Crippen molar-refractivity contribution in [1.29, 1.82) is 0 Å². The Hall–Kier alpha value is -1.70. The fourth-order valence-corrected chi connectivity index (χ4v) is 2.39. The fourth-order valence-electron chi connectivity index (χ4n) is 2.26. The van der Waals surface area contributed by atoms with E-state index in [9.17, 15) is 4.79 Å². The minimum Gasteiger partial charge on any atom is -0.339 e. The van der Waals surface area contributed by atoms with Gasteiger partial charge in [0.05, 0.1) is 0 Å². The van der Waals surface area contributed by atoms with Crippen LogP contribution in [0.15, 0.2) is 24.3 Å². The molecule has 118 valence electrons. The summed E-state index contributed by atoms with van der Waals surface area (Å²) in [6, 6.07) is 7.21. The van der Waals surface area contributed by atoms with Crippen molar-refractivity contribution >= 4 is 29.9 Å². The summed E-state index contributed by atoms with van der Waals surface area (Å²) in [6.07, 6.45) is 0.840. The predicted octanol–water partition coefficient (Wildman–Crippen LogP) is 0.975. The smallest absolute Gasteiger partial charge is 0.246 e. The molecular weight excluding hydrogens is 327 g/mol. The van der Waals surface area contributed by atoms with Crippen LogP contribution in [-0.2, 0) is 11.3 Å². The van der Waals surface area contributed by atoms with Crippen LogP contribution < -0.4 is 5.73 Å². The van der Waals surface area contributed by atoms with Gasteiger partial charge in [-0.05, 0) is 35.9 Å². The number of carbonyl (C=O) groups excluding carboxylic acids is 1. The number of carbonyl (C=O) groups is 1. The standard InChI is InChI=1S/C13H15ClN6O.ClH/c14-10-3-1-9(2-4-10)13-16-18-20(17-13)8-12(21)19-6-5-11(15)7-19;/h1-4,11H,5-8,15H2;1H/t11-;/m1./s1. The molecule has 1 aliphatic rings. The third-order valence-electron chi connectivity index (χ3n) is 3.41. The van der Waals surface area contributed by atoms with Gasteiger partial charge in [-0.2, -0.15) is 4.80 Å². The average molecular weight is 343 g/mol. The largest absolute Gasteiger partial charge is 0.339 e. The van der Waals surface area contributed by atoms with Crippen LogP contribution in [-0.4, -0.2) is 50.1 Å². The van der Waals surface area contributed by atoms with Crippen molar-refractivity contribution in [1.82, 2.24) is 25.1 Å². The Kier molecular flexibility index (Phi) is 5.33. The molecule has 22 heavy (non-hydrogen) atoms. The molecule has 9 heteroatoms. The molecule has 3 rings (SSSR count). The highest BCUT2D eigenvalue weighted by Gasteiger charge is 2.24. The minimum atomic E-state index is -0.0389. The van der Waals surface area contributed by atoms with Crippen molar-refractivity contribution < 1.29 is 4.79 Å². The molecule has 0 bridgehead atoms. The van der Waals surface area contributed by atoms with Crippen LogP contribution in [0.25, 0.3) is 11.4 Å². The Balaban J connectivity index is 0.00000176. The Morgan fingerprint density at radius 3 is 2.73 bits per heavy atom. The van der Waals surface area contributed by atoms with Crippen molar-refractivity contribution in [3.05, 3.63) is 29.3 Å². The number of rotatable bonds is 3. The Morgan fingerprint density at radius 1 is 1.36 bits per heavy atom. The first-order chi connectivity index (χ1) is 10.1. The Morgan fingerprint density at radius 2 is 2.09 bits per heavy atom. The van der Waals surface area contributed by atoms with E-state index < -0.39 is 0 Å². The SMILES string of the molecule is Cl.N[C@@H]1CCN(C(=O)Cn2nnc(-c3ccc(Cl)cc3)n2)C1. The average Bonchev–Trinajstić information content (AvgIpc) is 3.09. The fraction of sp³-hybridized carbons (Fsp3) is 0.385. The van der Waals surface area contributed by atoms with Crippen LogP contribution in [0.5, 0.6) is 0 Å². The molecule has 1 aromatic carbocycles. The van der Waals surface area contributed by atoms with Crippen molar-refractivity contribution in [2.45, 2.75) is 19.0 Å². The van der Waals surface area contributed by atoms with Crippen LogP contribution in [0, 0.1) is 0 Å². The summed E-state index contributed by atoms with van der Waals surface area (Å²) in [4.78, 5) is 15.1. The van der Waals surface area contributed by atoms with Crippen molar-refractivity contribution in [2.24, 2.45) is 5.73 Å². The van der Waals surface area contributed by atoms with Crippen LogP contribution in [0.4, 0.5) is 0 Å². The van der Waals surface area contributed by atoms with Crippen molar-refractivity contribution in [3.8, 4) is 11.4 Å². The first-order valence-electron chi connectivity index (χ1n) is 6.69. The molecule has 2 N–H and O–H groups in total. The normalized spacial score (nSPS) is 17.4. The molecule has 0 spiro atoms. The summed E-state index contributed by atoms with van der Waals surface area (Å²) in [5.41, 5.74) is 6.60. The lowest BCUT2D eigenvalue weighted by atomic mass is 10.2. The molecule has 0 unspecified atom stereocenters. The summed E-state index contributed by atoms with van der Waals surface area (Å²) >= 11 is 5.84. The summed E-state index contributed by atoms with van der Waals surface area (Å²) in [7, 11) is 0.